The van der Waals surface area contributed by atoms with Gasteiger partial charge in [-0.15, -0.1) is 0 Å². The largest absolute Gasteiger partial charge is 0.233 e. The summed E-state index contributed by atoms with van der Waals surface area (Å²) in [5.41, 5.74) is 0. The maximum atomic E-state index is 2.14. The minimum atomic E-state index is 1.05. The van der Waals surface area contributed by atoms with Crippen molar-refractivity contribution in [2.24, 2.45) is 0 Å². The summed E-state index contributed by atoms with van der Waals surface area (Å²) in [6.07, 6.45) is 8.35. The Hall–Kier alpha value is -0.920. The lowest BCUT2D eigenvalue weighted by Gasteiger charge is -1.88. The molecule has 1 aromatic heterocycles. The first kappa shape index (κ1) is 7.19. The second-order valence-electron chi connectivity index (χ2n) is 2.26. The Morgan fingerprint density at radius 2 is 1.10 bits per heavy atom. The van der Waals surface area contributed by atoms with Crippen LogP contribution in [0.25, 0.3) is 0 Å². The zero-order chi connectivity index (χ0) is 7.40. The molecule has 0 spiro atoms. The normalized spacial score (nSPS) is 9.80. The van der Waals surface area contributed by atoms with Crippen molar-refractivity contribution in [2.75, 3.05) is 0 Å². The van der Waals surface area contributed by atoms with E-state index in [2.05, 4.69) is 47.8 Å². The molecule has 1 rings (SSSR count). The van der Waals surface area contributed by atoms with Gasteiger partial charge in [-0.2, -0.15) is 9.13 Å². The highest BCUT2D eigenvalue weighted by Gasteiger charge is 1.99. The van der Waals surface area contributed by atoms with Crippen molar-refractivity contribution in [1.29, 1.82) is 0 Å². The summed E-state index contributed by atoms with van der Waals surface area (Å²) in [6, 6.07) is 0. The van der Waals surface area contributed by atoms with Crippen LogP contribution in [-0.2, 0) is 13.1 Å². The molecule has 0 saturated carbocycles. The van der Waals surface area contributed by atoms with Crippen molar-refractivity contribution in [3.8, 4) is 0 Å². The lowest BCUT2D eigenvalue weighted by Crippen LogP contribution is -2.40. The highest BCUT2D eigenvalue weighted by molar-refractivity contribution is 4.52. The predicted octanol–water partition coefficient (Wildman–Crippen LogP) is 0.301. The Kier molecular flexibility index (Phi) is 2.37. The maximum Gasteiger partial charge on any atom is 0.233 e. The average Bonchev–Trinajstić information content (AvgIpc) is 2.05. The number of hydrogen-bond donors (Lipinski definition) is 0. The van der Waals surface area contributed by atoms with E-state index in [4.69, 9.17) is 0 Å². The van der Waals surface area contributed by atoms with Crippen LogP contribution in [0.15, 0.2) is 24.8 Å². The van der Waals surface area contributed by atoms with Crippen LogP contribution in [0.5, 0.6) is 0 Å². The van der Waals surface area contributed by atoms with Crippen molar-refractivity contribution in [3.05, 3.63) is 24.8 Å². The molecule has 0 saturated heterocycles. The first-order valence-corrected chi connectivity index (χ1v) is 3.75. The van der Waals surface area contributed by atoms with E-state index in [0.717, 1.165) is 13.1 Å². The maximum absolute atomic E-state index is 2.14. The third-order valence-corrected chi connectivity index (χ3v) is 1.63. The summed E-state index contributed by atoms with van der Waals surface area (Å²) in [5.74, 6) is 0. The van der Waals surface area contributed by atoms with Gasteiger partial charge >= 0.3 is 0 Å². The van der Waals surface area contributed by atoms with Crippen molar-refractivity contribution in [3.63, 3.8) is 0 Å². The van der Waals surface area contributed by atoms with Gasteiger partial charge in [0, 0.05) is 0 Å². The van der Waals surface area contributed by atoms with Crippen molar-refractivity contribution < 1.29 is 9.13 Å². The molecule has 0 atom stereocenters. The fourth-order valence-corrected chi connectivity index (χ4v) is 0.864. The van der Waals surface area contributed by atoms with Crippen LogP contribution in [-0.4, -0.2) is 0 Å². The molecule has 0 aliphatic carbocycles. The monoisotopic (exact) mass is 138 g/mol. The van der Waals surface area contributed by atoms with Gasteiger partial charge in [-0.3, -0.25) is 0 Å². The van der Waals surface area contributed by atoms with Crippen molar-refractivity contribution in [2.45, 2.75) is 26.9 Å². The van der Waals surface area contributed by atoms with Gasteiger partial charge in [-0.1, -0.05) is 0 Å². The number of nitrogens with zero attached hydrogens (tertiary/aromatic N) is 2. The van der Waals surface area contributed by atoms with Crippen LogP contribution in [0.1, 0.15) is 13.8 Å². The smallest absolute Gasteiger partial charge is 0.195 e. The third kappa shape index (κ3) is 1.53. The minimum absolute atomic E-state index is 1.05. The lowest BCUT2D eigenvalue weighted by atomic mass is 10.6. The molecule has 0 aliphatic heterocycles. The topological polar surface area (TPSA) is 7.76 Å². The van der Waals surface area contributed by atoms with E-state index in [1.165, 1.54) is 0 Å². The zero-order valence-corrected chi connectivity index (χ0v) is 6.62. The quantitative estimate of drug-likeness (QED) is 0.519. The van der Waals surface area contributed by atoms with E-state index in [0.29, 0.717) is 0 Å². The van der Waals surface area contributed by atoms with Gasteiger partial charge in [0.05, 0.1) is 0 Å². The number of rotatable bonds is 2. The average molecular weight is 138 g/mol. The molecule has 0 aliphatic rings. The molecule has 1 heterocycles. The molecule has 0 fully saturated rings. The molecule has 10 heavy (non-hydrogen) atoms. The highest BCUT2D eigenvalue weighted by atomic mass is 15.0. The molecule has 0 unspecified atom stereocenters. The molecule has 2 nitrogen and oxygen atoms in total. The van der Waals surface area contributed by atoms with Gasteiger partial charge < -0.3 is 0 Å². The van der Waals surface area contributed by atoms with Crippen LogP contribution in [0.4, 0.5) is 0 Å². The number of aromatic nitrogens is 2. The van der Waals surface area contributed by atoms with E-state index >= 15 is 0 Å². The van der Waals surface area contributed by atoms with Crippen LogP contribution in [0.2, 0.25) is 0 Å². The molecule has 0 N–H and O–H groups in total. The first-order valence-electron chi connectivity index (χ1n) is 3.75. The van der Waals surface area contributed by atoms with Crippen LogP contribution in [0, 0.1) is 0 Å². The van der Waals surface area contributed by atoms with Crippen LogP contribution >= 0.6 is 0 Å². The van der Waals surface area contributed by atoms with E-state index in [9.17, 15) is 0 Å². The Bertz CT molecular complexity index is 168. The summed E-state index contributed by atoms with van der Waals surface area (Å²) < 4.78 is 4.29. The second-order valence-corrected chi connectivity index (χ2v) is 2.26. The zero-order valence-electron chi connectivity index (χ0n) is 6.62. The summed E-state index contributed by atoms with van der Waals surface area (Å²) in [7, 11) is 0. The fourth-order valence-electron chi connectivity index (χ4n) is 0.864. The van der Waals surface area contributed by atoms with Crippen molar-refractivity contribution >= 4 is 0 Å². The lowest BCUT2D eigenvalue weighted by molar-refractivity contribution is -0.747. The van der Waals surface area contributed by atoms with Gasteiger partial charge in [-0.05, 0) is 13.8 Å². The summed E-state index contributed by atoms with van der Waals surface area (Å²) in [6.45, 7) is 6.36. The summed E-state index contributed by atoms with van der Waals surface area (Å²) >= 11 is 0. The molecule has 54 valence electrons. The molecule has 0 bridgehead atoms. The molecule has 0 radical (unpaired) electrons. The first-order chi connectivity index (χ1) is 4.86. The SMILES string of the molecule is CC[n+]1cc[n+](CC)cc1. The molecule has 0 aromatic carbocycles. The van der Waals surface area contributed by atoms with Crippen LogP contribution < -0.4 is 9.13 Å². The molecule has 0 amide bonds. The van der Waals surface area contributed by atoms with Gasteiger partial charge in [0.1, 0.15) is 13.1 Å². The standard InChI is InChI=1S/C8H14N2/c1-3-9-5-7-10(4-2)8-6-9/h5-8H,3-4H2,1-2H3/q+2. The highest BCUT2D eigenvalue weighted by Crippen LogP contribution is 1.69. The Morgan fingerprint density at radius 1 is 0.800 bits per heavy atom. The predicted molar refractivity (Wildman–Crippen MR) is 38.2 cm³/mol. The Morgan fingerprint density at radius 3 is 1.30 bits per heavy atom. The van der Waals surface area contributed by atoms with Crippen molar-refractivity contribution in [1.82, 2.24) is 0 Å². The Labute approximate surface area is 61.8 Å². The van der Waals surface area contributed by atoms with Gasteiger partial charge in [0.2, 0.25) is 24.8 Å². The van der Waals surface area contributed by atoms with E-state index in [1.54, 1.807) is 0 Å². The van der Waals surface area contributed by atoms with E-state index < -0.39 is 0 Å². The van der Waals surface area contributed by atoms with Gasteiger partial charge in [0.15, 0.2) is 0 Å². The molecule has 2 heteroatoms. The number of aryl methyl sites for hydroxylation is 2. The fraction of sp³-hybridized carbons (Fsp3) is 0.500. The third-order valence-electron chi connectivity index (χ3n) is 1.63. The second kappa shape index (κ2) is 3.30. The summed E-state index contributed by atoms with van der Waals surface area (Å²) in [5, 5.41) is 0. The van der Waals surface area contributed by atoms with Gasteiger partial charge in [0.25, 0.3) is 0 Å². The molecular weight excluding hydrogens is 124 g/mol. The van der Waals surface area contributed by atoms with Crippen LogP contribution in [0.3, 0.4) is 0 Å². The minimum Gasteiger partial charge on any atom is -0.195 e. The van der Waals surface area contributed by atoms with E-state index in [-0.39, 0.29) is 0 Å². The molecule has 1 aromatic rings. The van der Waals surface area contributed by atoms with Gasteiger partial charge in [-0.25, -0.2) is 0 Å². The summed E-state index contributed by atoms with van der Waals surface area (Å²) in [4.78, 5) is 0. The molecular formula is C8H14N2+2. The number of hydrogen-bond acceptors (Lipinski definition) is 0. The van der Waals surface area contributed by atoms with E-state index in [1.807, 2.05) is 0 Å². The Balaban J connectivity index is 2.80.